The van der Waals surface area contributed by atoms with Gasteiger partial charge in [0.05, 0.1) is 41.5 Å². The van der Waals surface area contributed by atoms with Crippen molar-refractivity contribution in [2.75, 3.05) is 34.8 Å². The third-order valence-corrected chi connectivity index (χ3v) is 13.6. The Hall–Kier alpha value is -2.55. The van der Waals surface area contributed by atoms with Crippen molar-refractivity contribution < 1.29 is 63.2 Å². The van der Waals surface area contributed by atoms with Crippen LogP contribution in [0.4, 0.5) is 4.79 Å². The maximum absolute atomic E-state index is 14.6. The van der Waals surface area contributed by atoms with Gasteiger partial charge in [-0.2, -0.15) is 0 Å². The second kappa shape index (κ2) is 21.6. The van der Waals surface area contributed by atoms with Crippen molar-refractivity contribution in [3.8, 4) is 0 Å². The first-order valence-corrected chi connectivity index (χ1v) is 22.2. The van der Waals surface area contributed by atoms with E-state index in [2.05, 4.69) is 10.3 Å². The highest BCUT2D eigenvalue weighted by Crippen LogP contribution is 2.40. The summed E-state index contributed by atoms with van der Waals surface area (Å²) in [6, 6.07) is 2.65. The number of aliphatic hydroxyl groups excluding tert-OH is 2. The second-order valence-electron chi connectivity index (χ2n) is 19.3. The molecule has 0 bridgehead atoms. The minimum atomic E-state index is -1.90. The number of esters is 1. The first-order valence-electron chi connectivity index (χ1n) is 22.2. The third-order valence-electron chi connectivity index (χ3n) is 13.6. The predicted octanol–water partition coefficient (Wildman–Crippen LogP) is 3.23. The monoisotopic (exact) mass is 883 g/mol. The summed E-state index contributed by atoms with van der Waals surface area (Å²) in [5.41, 5.74) is -3.83. The van der Waals surface area contributed by atoms with Crippen molar-refractivity contribution >= 4 is 12.1 Å². The summed E-state index contributed by atoms with van der Waals surface area (Å²) in [5, 5.41) is 50.7. The van der Waals surface area contributed by atoms with E-state index < -0.39 is 102 Å². The Morgan fingerprint density at radius 2 is 1.71 bits per heavy atom. The number of carbonyl (C=O) groups excluding carboxylic acids is 2. The molecule has 18 atom stereocenters. The molecule has 0 unspecified atom stereocenters. The Morgan fingerprint density at radius 1 is 1.03 bits per heavy atom. The Kier molecular flexibility index (Phi) is 18.2. The van der Waals surface area contributed by atoms with E-state index in [0.29, 0.717) is 13.0 Å². The van der Waals surface area contributed by atoms with E-state index >= 15 is 0 Å². The average molecular weight is 883 g/mol. The van der Waals surface area contributed by atoms with Crippen LogP contribution < -0.4 is 5.32 Å². The molecule has 17 heteroatoms. The summed E-state index contributed by atoms with van der Waals surface area (Å²) >= 11 is 0. The molecule has 3 aliphatic heterocycles. The number of amides is 1. The topological polar surface area (TPSA) is 211 Å². The SMILES string of the molecule is CC[C@@H]1OC(=O)[C@H](C)[C@@H](O[C@H]2C[C@@](C)(OC)[C@@H](O)[C@H](C)O2)[C@H](C)[C@@H](O[C@@H]2O[C@H](C)C[C@H](N(C)C)[C@H]2O)[C@](C)(O)C[C@@H](C)CN(C)[C@@H](C)[C@@H](OC(=O)NCc2cccnc2)[C@]1(C)O. The van der Waals surface area contributed by atoms with Gasteiger partial charge < -0.3 is 63.8 Å². The number of carbonyl (C=O) groups is 2. The van der Waals surface area contributed by atoms with E-state index in [1.807, 2.05) is 64.7 Å². The van der Waals surface area contributed by atoms with Gasteiger partial charge in [0, 0.05) is 57.0 Å². The van der Waals surface area contributed by atoms with Gasteiger partial charge in [0.2, 0.25) is 0 Å². The molecular formula is C45H78N4O13. The average Bonchev–Trinajstić information content (AvgIpc) is 3.20. The van der Waals surface area contributed by atoms with Crippen LogP contribution in [0.2, 0.25) is 0 Å². The van der Waals surface area contributed by atoms with Crippen molar-refractivity contribution in [3.05, 3.63) is 30.1 Å². The van der Waals surface area contributed by atoms with Crippen molar-refractivity contribution in [2.45, 2.75) is 192 Å². The number of methoxy groups -OCH3 is 1. The van der Waals surface area contributed by atoms with Crippen molar-refractivity contribution in [1.82, 2.24) is 20.1 Å². The number of cyclic esters (lactones) is 1. The predicted molar refractivity (Wildman–Crippen MR) is 230 cm³/mol. The summed E-state index contributed by atoms with van der Waals surface area (Å²) in [5.74, 6) is -2.83. The summed E-state index contributed by atoms with van der Waals surface area (Å²) in [6.45, 7) is 18.1. The van der Waals surface area contributed by atoms with Crippen LogP contribution in [-0.2, 0) is 44.5 Å². The molecule has 4 rings (SSSR count). The Balaban J connectivity index is 1.80. The Morgan fingerprint density at radius 3 is 2.31 bits per heavy atom. The van der Waals surface area contributed by atoms with Crippen molar-refractivity contribution in [3.63, 3.8) is 0 Å². The maximum Gasteiger partial charge on any atom is 0.407 e. The highest BCUT2D eigenvalue weighted by atomic mass is 16.7. The van der Waals surface area contributed by atoms with Crippen molar-refractivity contribution in [2.24, 2.45) is 17.8 Å². The van der Waals surface area contributed by atoms with E-state index in [0.717, 1.165) is 5.56 Å². The Bertz CT molecular complexity index is 1570. The van der Waals surface area contributed by atoms with Gasteiger partial charge >= 0.3 is 12.1 Å². The molecule has 62 heavy (non-hydrogen) atoms. The minimum Gasteiger partial charge on any atom is -0.459 e. The number of hydrogen-bond donors (Lipinski definition) is 5. The number of hydrogen-bond acceptors (Lipinski definition) is 16. The molecule has 1 aromatic heterocycles. The molecule has 17 nitrogen and oxygen atoms in total. The lowest BCUT2D eigenvalue weighted by molar-refractivity contribution is -0.318. The fraction of sp³-hybridized carbons (Fsp3) is 0.844. The molecule has 356 valence electrons. The molecule has 0 radical (unpaired) electrons. The molecule has 3 fully saturated rings. The van der Waals surface area contributed by atoms with Gasteiger partial charge in [0.25, 0.3) is 0 Å². The van der Waals surface area contributed by atoms with Crippen LogP contribution in [0.15, 0.2) is 24.5 Å². The quantitative estimate of drug-likeness (QED) is 0.214. The lowest BCUT2D eigenvalue weighted by Crippen LogP contribution is -2.61. The lowest BCUT2D eigenvalue weighted by Gasteiger charge is -2.48. The van der Waals surface area contributed by atoms with E-state index in [1.54, 1.807) is 53.1 Å². The summed E-state index contributed by atoms with van der Waals surface area (Å²) in [6.07, 6.45) is -6.25. The third kappa shape index (κ3) is 12.4. The van der Waals surface area contributed by atoms with Gasteiger partial charge in [-0.25, -0.2) is 4.79 Å². The highest BCUT2D eigenvalue weighted by molar-refractivity contribution is 5.73. The Labute approximate surface area is 369 Å². The van der Waals surface area contributed by atoms with Crippen LogP contribution in [0.1, 0.15) is 100 Å². The fourth-order valence-corrected chi connectivity index (χ4v) is 9.77. The molecule has 1 aromatic rings. The van der Waals surface area contributed by atoms with E-state index in [4.69, 9.17) is 33.2 Å². The van der Waals surface area contributed by atoms with Crippen LogP contribution in [0, 0.1) is 17.8 Å². The van der Waals surface area contributed by atoms with E-state index in [-0.39, 0.29) is 43.9 Å². The van der Waals surface area contributed by atoms with Gasteiger partial charge in [0.15, 0.2) is 18.7 Å². The molecule has 3 saturated heterocycles. The number of rotatable bonds is 10. The van der Waals surface area contributed by atoms with Crippen LogP contribution in [-0.4, -0.2) is 172 Å². The smallest absolute Gasteiger partial charge is 0.407 e. The van der Waals surface area contributed by atoms with Gasteiger partial charge in [0.1, 0.15) is 23.9 Å². The first-order chi connectivity index (χ1) is 28.9. The van der Waals surface area contributed by atoms with Gasteiger partial charge in [-0.1, -0.05) is 26.8 Å². The maximum atomic E-state index is 14.6. The molecule has 0 spiro atoms. The molecule has 3 aliphatic rings. The van der Waals surface area contributed by atoms with Gasteiger partial charge in [-0.15, -0.1) is 0 Å². The van der Waals surface area contributed by atoms with Gasteiger partial charge in [-0.05, 0) is 106 Å². The number of ether oxygens (including phenoxy) is 7. The standard InChI is InChI=1S/C45H78N4O13/c1-15-33-45(10,55)39(62-42(53)47-23-31-17-16-18-46-22-31)29(6)49(13)24-25(2)20-43(8,54)38(61-41-35(50)32(48(11)12)19-26(3)57-41)27(4)36(28(5)40(52)59-33)60-34-21-44(9,56-14)37(51)30(7)58-34/h16-18,22,25-30,32-39,41,50-51,54-55H,15,19-21,23-24H2,1-14H3,(H,47,53)/t25-,26-,27+,28-,29+,30+,32+,33+,34+,35-,36+,37+,38-,39-,41+,43-,44-,45-/m1/s1. The summed E-state index contributed by atoms with van der Waals surface area (Å²) in [7, 11) is 7.10. The van der Waals surface area contributed by atoms with Crippen LogP contribution in [0.3, 0.4) is 0 Å². The number of likely N-dealkylation sites (N-methyl/N-ethyl adjacent to an activating group) is 2. The number of aromatic nitrogens is 1. The molecule has 0 aliphatic carbocycles. The van der Waals surface area contributed by atoms with Gasteiger partial charge in [-0.3, -0.25) is 14.7 Å². The normalized spacial score (nSPS) is 43.3. The molecule has 5 N–H and O–H groups in total. The van der Waals surface area contributed by atoms with E-state index in [1.165, 1.54) is 14.0 Å². The molecule has 1 amide bonds. The zero-order valence-corrected chi connectivity index (χ0v) is 39.5. The van der Waals surface area contributed by atoms with Crippen LogP contribution in [0.25, 0.3) is 0 Å². The molecule has 0 aromatic carbocycles. The first kappa shape index (κ1) is 52.1. The molecular weight excluding hydrogens is 805 g/mol. The number of aliphatic hydroxyl groups is 4. The lowest BCUT2D eigenvalue weighted by atomic mass is 9.77. The largest absolute Gasteiger partial charge is 0.459 e. The minimum absolute atomic E-state index is 0.101. The summed E-state index contributed by atoms with van der Waals surface area (Å²) in [4.78, 5) is 36.1. The van der Waals surface area contributed by atoms with Crippen molar-refractivity contribution in [1.29, 1.82) is 0 Å². The zero-order chi connectivity index (χ0) is 46.5. The highest BCUT2D eigenvalue weighted by Gasteiger charge is 2.53. The molecule has 4 heterocycles. The van der Waals surface area contributed by atoms with E-state index in [9.17, 15) is 30.0 Å². The number of pyridine rings is 1. The number of alkyl carbamates (subject to hydrolysis) is 1. The zero-order valence-electron chi connectivity index (χ0n) is 39.5. The fourth-order valence-electron chi connectivity index (χ4n) is 9.77. The summed E-state index contributed by atoms with van der Waals surface area (Å²) < 4.78 is 44.1. The van der Waals surface area contributed by atoms with Crippen LogP contribution >= 0.6 is 0 Å². The number of nitrogens with one attached hydrogen (secondary N) is 1. The number of nitrogens with zero attached hydrogens (tertiary/aromatic N) is 3. The molecule has 0 saturated carbocycles. The second-order valence-corrected chi connectivity index (χ2v) is 19.3. The van der Waals surface area contributed by atoms with Crippen LogP contribution in [0.5, 0.6) is 0 Å².